The number of nitrogens with one attached hydrogen (secondary N) is 4. The van der Waals surface area contributed by atoms with E-state index >= 15 is 0 Å². The Labute approximate surface area is 369 Å². The summed E-state index contributed by atoms with van der Waals surface area (Å²) in [6.07, 6.45) is 6.04. The number of aromatic nitrogens is 2. The molecule has 63 heavy (non-hydrogen) atoms. The zero-order valence-corrected chi connectivity index (χ0v) is 37.0. The Kier molecular flexibility index (Phi) is 12.6. The van der Waals surface area contributed by atoms with Crippen LogP contribution in [0.1, 0.15) is 101 Å². The number of likely N-dealkylation sites (tertiary alicyclic amines) is 2. The van der Waals surface area contributed by atoms with Gasteiger partial charge in [0.1, 0.15) is 23.9 Å². The second-order valence-electron chi connectivity index (χ2n) is 17.7. The van der Waals surface area contributed by atoms with E-state index in [-0.39, 0.29) is 47.8 Å². The number of carbonyl (C=O) groups is 4. The Hall–Kier alpha value is -6.15. The van der Waals surface area contributed by atoms with Gasteiger partial charge in [-0.3, -0.25) is 14.4 Å². The van der Waals surface area contributed by atoms with Crippen molar-refractivity contribution < 1.29 is 33.4 Å². The van der Waals surface area contributed by atoms with Gasteiger partial charge in [-0.15, -0.1) is 0 Å². The number of rotatable bonds is 14. The standard InChI is InChI=1S/C49H59N7O7/c1-27(2)43(51-29(5)61-6)47(58)56-24-10-14-38(56)46(57)52-33-12-8-11-32(25-33)35-20-19-34(41-39-21-22-40(63-39)42(35)41)30-15-17-31(18-16-30)36-26-50-45(53-36)37-13-9-23-55(37)48(59)44(28(3)4)54-49(60)62-7/h8,11-12,15-20,25-28,37-40,43-44,51H,5,9-10,13-14,21-24H2,1-4,6-7H3,(H,50,53)(H,52,57)(H,54,60)/t37-,38-,39?,40?,43-,44-/m0/s1. The molecule has 2 unspecified atom stereocenters. The second-order valence-corrected chi connectivity index (χ2v) is 17.7. The molecule has 6 atom stereocenters. The molecule has 0 aliphatic carbocycles. The first-order chi connectivity index (χ1) is 30.4. The van der Waals surface area contributed by atoms with Crippen molar-refractivity contribution in [1.82, 2.24) is 30.4 Å². The normalized spacial score (nSPS) is 21.0. The van der Waals surface area contributed by atoms with Crippen LogP contribution in [0.2, 0.25) is 0 Å². The highest BCUT2D eigenvalue weighted by molar-refractivity contribution is 5.99. The molecule has 332 valence electrons. The molecule has 0 saturated carbocycles. The van der Waals surface area contributed by atoms with Crippen molar-refractivity contribution in [1.29, 1.82) is 0 Å². The minimum Gasteiger partial charge on any atom is -0.483 e. The van der Waals surface area contributed by atoms with E-state index in [9.17, 15) is 19.2 Å². The minimum atomic E-state index is -0.698. The summed E-state index contributed by atoms with van der Waals surface area (Å²) in [5.74, 6) is 0.398. The summed E-state index contributed by atoms with van der Waals surface area (Å²) in [6, 6.07) is 18.7. The Morgan fingerprint density at radius 3 is 2.05 bits per heavy atom. The first kappa shape index (κ1) is 43.5. The number of carbonyl (C=O) groups excluding carboxylic acids is 4. The molecule has 0 radical (unpaired) electrons. The molecule has 0 spiro atoms. The molecule has 2 bridgehead atoms. The number of ether oxygens (including phenoxy) is 3. The van der Waals surface area contributed by atoms with E-state index < -0.39 is 24.2 Å². The van der Waals surface area contributed by atoms with Crippen molar-refractivity contribution in [3.8, 4) is 33.5 Å². The van der Waals surface area contributed by atoms with Gasteiger partial charge in [0.05, 0.1) is 44.4 Å². The lowest BCUT2D eigenvalue weighted by Crippen LogP contribution is -2.53. The Balaban J connectivity index is 0.990. The summed E-state index contributed by atoms with van der Waals surface area (Å²) in [5, 5.41) is 8.92. The number of methoxy groups -OCH3 is 2. The van der Waals surface area contributed by atoms with Crippen LogP contribution in [0.15, 0.2) is 79.3 Å². The summed E-state index contributed by atoms with van der Waals surface area (Å²) < 4.78 is 16.5. The number of H-pyrrole nitrogens is 1. The SMILES string of the molecule is C=C(N[C@H](C(=O)N1CCC[C@H]1C(=O)Nc1cccc(-c2ccc(-c3ccc(-c4cnc([C@@H]5CCCN5C(=O)[C@@H](NC(=O)OC)C(C)C)[nH]4)cc3)c3c2C2CCC3O2)c1)C(C)C)OC. The predicted molar refractivity (Wildman–Crippen MR) is 240 cm³/mol. The number of amides is 4. The summed E-state index contributed by atoms with van der Waals surface area (Å²) in [7, 11) is 2.80. The van der Waals surface area contributed by atoms with Crippen LogP contribution in [-0.2, 0) is 28.6 Å². The molecule has 4 N–H and O–H groups in total. The van der Waals surface area contributed by atoms with Crippen LogP contribution in [0.3, 0.4) is 0 Å². The van der Waals surface area contributed by atoms with Crippen molar-refractivity contribution >= 4 is 29.5 Å². The average molecular weight is 858 g/mol. The van der Waals surface area contributed by atoms with Gasteiger partial charge in [0, 0.05) is 18.8 Å². The quantitative estimate of drug-likeness (QED) is 0.0919. The highest BCUT2D eigenvalue weighted by atomic mass is 16.5. The molecule has 8 rings (SSSR count). The molecule has 5 heterocycles. The van der Waals surface area contributed by atoms with Gasteiger partial charge < -0.3 is 44.9 Å². The second kappa shape index (κ2) is 18.3. The highest BCUT2D eigenvalue weighted by Crippen LogP contribution is 2.56. The van der Waals surface area contributed by atoms with Gasteiger partial charge in [0.2, 0.25) is 17.7 Å². The first-order valence-electron chi connectivity index (χ1n) is 22.2. The fourth-order valence-electron chi connectivity index (χ4n) is 9.79. The fraction of sp³-hybridized carbons (Fsp3) is 0.449. The van der Waals surface area contributed by atoms with Gasteiger partial charge in [-0.2, -0.15) is 0 Å². The molecule has 4 aromatic rings. The van der Waals surface area contributed by atoms with E-state index in [1.165, 1.54) is 25.3 Å². The molecule has 4 aliphatic heterocycles. The minimum absolute atomic E-state index is 0.00366. The van der Waals surface area contributed by atoms with E-state index in [4.69, 9.17) is 19.2 Å². The fourth-order valence-corrected chi connectivity index (χ4v) is 9.79. The van der Waals surface area contributed by atoms with E-state index in [1.54, 1.807) is 4.90 Å². The molecule has 14 heteroatoms. The van der Waals surface area contributed by atoms with Crippen LogP contribution in [0, 0.1) is 11.8 Å². The van der Waals surface area contributed by atoms with E-state index in [0.29, 0.717) is 31.1 Å². The lowest BCUT2D eigenvalue weighted by Gasteiger charge is -2.31. The number of hydrogen-bond acceptors (Lipinski definition) is 9. The molecule has 1 aromatic heterocycles. The zero-order chi connectivity index (χ0) is 44.5. The monoisotopic (exact) mass is 857 g/mol. The van der Waals surface area contributed by atoms with Crippen molar-refractivity contribution in [2.75, 3.05) is 32.6 Å². The molecule has 4 amide bonds. The van der Waals surface area contributed by atoms with Crippen molar-refractivity contribution in [3.63, 3.8) is 0 Å². The Morgan fingerprint density at radius 2 is 1.38 bits per heavy atom. The Bertz CT molecular complexity index is 2370. The number of nitrogens with zero attached hydrogens (tertiary/aromatic N) is 3. The number of alkyl carbamates (subject to hydrolysis) is 1. The molecule has 3 fully saturated rings. The van der Waals surface area contributed by atoms with Gasteiger partial charge in [-0.1, -0.05) is 76.2 Å². The van der Waals surface area contributed by atoms with Crippen LogP contribution in [-0.4, -0.2) is 89.0 Å². The van der Waals surface area contributed by atoms with Gasteiger partial charge in [-0.05, 0) is 108 Å². The molecular weight excluding hydrogens is 799 g/mol. The summed E-state index contributed by atoms with van der Waals surface area (Å²) in [4.78, 5) is 64.9. The predicted octanol–water partition coefficient (Wildman–Crippen LogP) is 8.02. The number of benzene rings is 3. The maximum absolute atomic E-state index is 13.8. The van der Waals surface area contributed by atoms with Crippen LogP contribution < -0.4 is 16.0 Å². The lowest BCUT2D eigenvalue weighted by atomic mass is 9.81. The maximum atomic E-state index is 13.8. The number of fused-ring (bicyclic) bond motifs is 5. The van der Waals surface area contributed by atoms with Gasteiger partial charge in [0.15, 0.2) is 5.88 Å². The zero-order valence-electron chi connectivity index (χ0n) is 37.0. The van der Waals surface area contributed by atoms with Crippen LogP contribution in [0.4, 0.5) is 10.5 Å². The number of anilines is 1. The third-order valence-electron chi connectivity index (χ3n) is 13.1. The van der Waals surface area contributed by atoms with E-state index in [1.807, 2.05) is 57.0 Å². The molecule has 3 aromatic carbocycles. The third-order valence-corrected chi connectivity index (χ3v) is 13.1. The van der Waals surface area contributed by atoms with Crippen LogP contribution in [0.5, 0.6) is 0 Å². The first-order valence-corrected chi connectivity index (χ1v) is 22.2. The van der Waals surface area contributed by atoms with Crippen LogP contribution in [0.25, 0.3) is 33.5 Å². The molecule has 14 nitrogen and oxygen atoms in total. The number of hydrogen-bond donors (Lipinski definition) is 4. The Morgan fingerprint density at radius 1 is 0.762 bits per heavy atom. The van der Waals surface area contributed by atoms with Gasteiger partial charge >= 0.3 is 6.09 Å². The van der Waals surface area contributed by atoms with Crippen LogP contribution >= 0.6 is 0 Å². The summed E-state index contributed by atoms with van der Waals surface area (Å²) in [6.45, 7) is 12.7. The van der Waals surface area contributed by atoms with Crippen molar-refractivity contribution in [2.24, 2.45) is 11.8 Å². The summed E-state index contributed by atoms with van der Waals surface area (Å²) in [5.41, 5.74) is 9.21. The number of imidazole rings is 1. The van der Waals surface area contributed by atoms with Crippen molar-refractivity contribution in [2.45, 2.75) is 103 Å². The lowest BCUT2D eigenvalue weighted by molar-refractivity contribution is -0.139. The largest absolute Gasteiger partial charge is 0.483 e. The molecule has 3 saturated heterocycles. The molecular formula is C49H59N7O7. The highest BCUT2D eigenvalue weighted by Gasteiger charge is 2.42. The molecule has 4 aliphatic rings. The average Bonchev–Trinajstić information content (AvgIpc) is 4.15. The van der Waals surface area contributed by atoms with Gasteiger partial charge in [0.25, 0.3) is 0 Å². The summed E-state index contributed by atoms with van der Waals surface area (Å²) >= 11 is 0. The smallest absolute Gasteiger partial charge is 0.407 e. The topological polar surface area (TPSA) is 167 Å². The maximum Gasteiger partial charge on any atom is 0.407 e. The van der Waals surface area contributed by atoms with Gasteiger partial charge in [-0.25, -0.2) is 9.78 Å². The third kappa shape index (κ3) is 8.65. The number of aromatic amines is 1. The van der Waals surface area contributed by atoms with Crippen molar-refractivity contribution in [3.05, 3.63) is 96.3 Å². The van der Waals surface area contributed by atoms with E-state index in [0.717, 1.165) is 71.4 Å². The van der Waals surface area contributed by atoms with E-state index in [2.05, 4.69) is 70.0 Å².